The summed E-state index contributed by atoms with van der Waals surface area (Å²) >= 11 is 6.44. The van der Waals surface area contributed by atoms with Gasteiger partial charge in [-0.3, -0.25) is 19.5 Å². The zero-order chi connectivity index (χ0) is 29.7. The van der Waals surface area contributed by atoms with Crippen LogP contribution in [0, 0.1) is 0 Å². The van der Waals surface area contributed by atoms with Crippen LogP contribution in [-0.2, 0) is 10.2 Å². The van der Waals surface area contributed by atoms with Gasteiger partial charge in [0.2, 0.25) is 0 Å². The Balaban J connectivity index is 0.00000189. The van der Waals surface area contributed by atoms with E-state index in [2.05, 4.69) is 46.7 Å². The van der Waals surface area contributed by atoms with E-state index in [0.29, 0.717) is 29.1 Å². The van der Waals surface area contributed by atoms with Gasteiger partial charge in [0.1, 0.15) is 5.84 Å². The Hall–Kier alpha value is -2.74. The molecular weight excluding hydrogens is 536 g/mol. The zero-order valence-corrected chi connectivity index (χ0v) is 26.0. The number of aliphatic imine (C=N–C) groups is 1. The van der Waals surface area contributed by atoms with E-state index in [4.69, 9.17) is 21.7 Å². The third-order valence-corrected chi connectivity index (χ3v) is 9.35. The van der Waals surface area contributed by atoms with Crippen molar-refractivity contribution in [3.63, 3.8) is 0 Å². The standard InChI is InChI=1S/C31H39ClN4O3.C2H6/c1-31(2)25-8-7-22(19-28(25)36(30(31)33-3)27-6-4-5-26(32)24(27)20-37)21-9-17-35(18-10-21)23-11-14-34(15-12-23)16-13-29(38)39;1-2/h4-8,19-21,23H,9-18H2,1-3H3,(H,38,39);1-2H3. The number of aldehydes is 1. The Morgan fingerprint density at radius 2 is 1.73 bits per heavy atom. The molecule has 2 aromatic carbocycles. The molecular formula is C33H45ClN4O3. The number of carboxylic acids is 1. The molecule has 1 N–H and O–H groups in total. The molecule has 3 heterocycles. The van der Waals surface area contributed by atoms with Crippen LogP contribution in [0.3, 0.4) is 0 Å². The molecule has 3 aliphatic heterocycles. The molecule has 2 aromatic rings. The van der Waals surface area contributed by atoms with Gasteiger partial charge < -0.3 is 14.9 Å². The number of aliphatic carboxylic acids is 1. The molecule has 0 saturated carbocycles. The van der Waals surface area contributed by atoms with Crippen molar-refractivity contribution >= 4 is 41.1 Å². The molecule has 2 fully saturated rings. The molecule has 2 saturated heterocycles. The zero-order valence-electron chi connectivity index (χ0n) is 25.2. The lowest BCUT2D eigenvalue weighted by Gasteiger charge is -2.42. The van der Waals surface area contributed by atoms with Crippen LogP contribution in [0.2, 0.25) is 5.02 Å². The number of fused-ring (bicyclic) bond motifs is 1. The average molecular weight is 581 g/mol. The second kappa shape index (κ2) is 13.5. The highest BCUT2D eigenvalue weighted by atomic mass is 35.5. The molecule has 0 amide bonds. The van der Waals surface area contributed by atoms with Crippen LogP contribution in [-0.4, -0.2) is 78.8 Å². The summed E-state index contributed by atoms with van der Waals surface area (Å²) in [7, 11) is 1.81. The van der Waals surface area contributed by atoms with Crippen molar-refractivity contribution in [1.29, 1.82) is 0 Å². The van der Waals surface area contributed by atoms with Crippen molar-refractivity contribution in [1.82, 2.24) is 9.80 Å². The molecule has 222 valence electrons. The number of carboxylic acid groups (broad SMARTS) is 1. The maximum Gasteiger partial charge on any atom is 0.304 e. The van der Waals surface area contributed by atoms with Crippen molar-refractivity contribution < 1.29 is 14.7 Å². The van der Waals surface area contributed by atoms with Gasteiger partial charge in [0.05, 0.1) is 28.4 Å². The molecule has 0 bridgehead atoms. The number of hydrogen-bond donors (Lipinski definition) is 1. The van der Waals surface area contributed by atoms with Gasteiger partial charge in [-0.1, -0.05) is 43.6 Å². The highest BCUT2D eigenvalue weighted by molar-refractivity contribution is 6.34. The molecule has 41 heavy (non-hydrogen) atoms. The molecule has 0 spiro atoms. The fourth-order valence-corrected chi connectivity index (χ4v) is 7.06. The third kappa shape index (κ3) is 6.37. The average Bonchev–Trinajstić information content (AvgIpc) is 3.22. The molecule has 0 unspecified atom stereocenters. The Labute approximate surface area is 250 Å². The number of carbonyl (C=O) groups is 2. The van der Waals surface area contributed by atoms with Crippen LogP contribution in [0.4, 0.5) is 11.4 Å². The number of likely N-dealkylation sites (tertiary alicyclic amines) is 2. The van der Waals surface area contributed by atoms with Crippen molar-refractivity contribution in [2.45, 2.75) is 77.2 Å². The molecule has 0 atom stereocenters. The first-order valence-electron chi connectivity index (χ1n) is 15.1. The van der Waals surface area contributed by atoms with Crippen LogP contribution < -0.4 is 4.90 Å². The number of anilines is 2. The Morgan fingerprint density at radius 1 is 1.05 bits per heavy atom. The Kier molecular flexibility index (Phi) is 10.3. The predicted octanol–water partition coefficient (Wildman–Crippen LogP) is 6.75. The minimum absolute atomic E-state index is 0.227. The molecule has 5 rings (SSSR count). The SMILES string of the molecule is CC.CN=C1N(c2cccc(Cl)c2C=O)c2cc(C3CCN(C4CCN(CCC(=O)O)CC4)CC3)ccc2C1(C)C. The second-order valence-corrected chi connectivity index (χ2v) is 12.0. The summed E-state index contributed by atoms with van der Waals surface area (Å²) in [5.41, 5.74) is 4.58. The number of hydrogen-bond acceptors (Lipinski definition) is 5. The first-order chi connectivity index (χ1) is 19.7. The molecule has 0 aliphatic carbocycles. The van der Waals surface area contributed by atoms with E-state index in [-0.39, 0.29) is 11.8 Å². The highest BCUT2D eigenvalue weighted by Crippen LogP contribution is 2.48. The van der Waals surface area contributed by atoms with Gasteiger partial charge in [0.15, 0.2) is 6.29 Å². The number of piperidine rings is 2. The maximum absolute atomic E-state index is 12.0. The van der Waals surface area contributed by atoms with Gasteiger partial charge in [0, 0.05) is 25.0 Å². The lowest BCUT2D eigenvalue weighted by Crippen LogP contribution is -2.47. The fraction of sp³-hybridized carbons (Fsp3) is 0.545. The lowest BCUT2D eigenvalue weighted by molar-refractivity contribution is -0.137. The number of amidine groups is 1. The number of carbonyl (C=O) groups excluding carboxylic acids is 1. The lowest BCUT2D eigenvalue weighted by atomic mass is 9.83. The molecule has 0 aromatic heterocycles. The van der Waals surface area contributed by atoms with E-state index >= 15 is 0 Å². The summed E-state index contributed by atoms with van der Waals surface area (Å²) in [5.74, 6) is 0.677. The largest absolute Gasteiger partial charge is 0.481 e. The van der Waals surface area contributed by atoms with Crippen LogP contribution in [0.1, 0.15) is 87.2 Å². The van der Waals surface area contributed by atoms with Crippen molar-refractivity contribution in [2.75, 3.05) is 44.7 Å². The first kappa shape index (κ1) is 31.2. The summed E-state index contributed by atoms with van der Waals surface area (Å²) in [6.07, 6.45) is 5.53. The van der Waals surface area contributed by atoms with Gasteiger partial charge in [-0.15, -0.1) is 0 Å². The van der Waals surface area contributed by atoms with Crippen LogP contribution in [0.25, 0.3) is 0 Å². The summed E-state index contributed by atoms with van der Waals surface area (Å²) < 4.78 is 0. The van der Waals surface area contributed by atoms with Gasteiger partial charge in [-0.25, -0.2) is 0 Å². The molecule has 0 radical (unpaired) electrons. The number of rotatable bonds is 7. The topological polar surface area (TPSA) is 76.5 Å². The van der Waals surface area contributed by atoms with Gasteiger partial charge in [-0.2, -0.15) is 0 Å². The van der Waals surface area contributed by atoms with E-state index in [1.165, 1.54) is 11.1 Å². The van der Waals surface area contributed by atoms with E-state index in [1.807, 2.05) is 33.0 Å². The number of halogens is 1. The predicted molar refractivity (Wildman–Crippen MR) is 168 cm³/mol. The Bertz CT molecular complexity index is 1260. The smallest absolute Gasteiger partial charge is 0.304 e. The van der Waals surface area contributed by atoms with Crippen molar-refractivity contribution in [3.8, 4) is 0 Å². The molecule has 8 heteroatoms. The maximum atomic E-state index is 12.0. The fourth-order valence-electron chi connectivity index (χ4n) is 6.85. The van der Waals surface area contributed by atoms with Crippen LogP contribution in [0.15, 0.2) is 41.4 Å². The van der Waals surface area contributed by atoms with Crippen molar-refractivity contribution in [3.05, 3.63) is 58.1 Å². The van der Waals surface area contributed by atoms with Gasteiger partial charge in [-0.05, 0) is 101 Å². The van der Waals surface area contributed by atoms with Gasteiger partial charge >= 0.3 is 5.97 Å². The molecule has 3 aliphatic rings. The normalized spacial score (nSPS) is 20.9. The second-order valence-electron chi connectivity index (χ2n) is 11.6. The van der Waals surface area contributed by atoms with E-state index in [9.17, 15) is 9.59 Å². The monoisotopic (exact) mass is 580 g/mol. The third-order valence-electron chi connectivity index (χ3n) is 9.02. The van der Waals surface area contributed by atoms with E-state index in [1.54, 1.807) is 6.07 Å². The minimum atomic E-state index is -0.715. The Morgan fingerprint density at radius 3 is 2.34 bits per heavy atom. The van der Waals surface area contributed by atoms with E-state index < -0.39 is 5.97 Å². The van der Waals surface area contributed by atoms with E-state index in [0.717, 1.165) is 75.4 Å². The summed E-state index contributed by atoms with van der Waals surface area (Å²) in [6.45, 7) is 13.2. The number of benzene rings is 2. The number of nitrogens with zero attached hydrogens (tertiary/aromatic N) is 4. The molecule has 7 nitrogen and oxygen atoms in total. The highest BCUT2D eigenvalue weighted by Gasteiger charge is 2.43. The quantitative estimate of drug-likeness (QED) is 0.365. The van der Waals surface area contributed by atoms with Gasteiger partial charge in [0.25, 0.3) is 0 Å². The summed E-state index contributed by atoms with van der Waals surface area (Å²) in [6, 6.07) is 13.0. The first-order valence-corrected chi connectivity index (χ1v) is 15.5. The van der Waals surface area contributed by atoms with Crippen LogP contribution >= 0.6 is 11.6 Å². The van der Waals surface area contributed by atoms with Crippen molar-refractivity contribution in [2.24, 2.45) is 4.99 Å². The summed E-state index contributed by atoms with van der Waals surface area (Å²) in [4.78, 5) is 34.7. The van der Waals surface area contributed by atoms with Crippen LogP contribution in [0.5, 0.6) is 0 Å². The minimum Gasteiger partial charge on any atom is -0.481 e. The summed E-state index contributed by atoms with van der Waals surface area (Å²) in [5, 5.41) is 9.41.